The van der Waals surface area contributed by atoms with Gasteiger partial charge in [-0.1, -0.05) is 264 Å². The third-order valence-corrected chi connectivity index (χ3v) is 25.9. The fourth-order valence-electron chi connectivity index (χ4n) is 10.9. The van der Waals surface area contributed by atoms with Crippen LogP contribution in [0.25, 0.3) is 33.4 Å². The Bertz CT molecular complexity index is 4060. The smallest absolute Gasteiger partial charge is 0.417 e. The summed E-state index contributed by atoms with van der Waals surface area (Å²) < 4.78 is 90.7. The van der Waals surface area contributed by atoms with E-state index >= 15 is 0 Å². The topological polar surface area (TPSA) is 18.5 Å². The van der Waals surface area contributed by atoms with Gasteiger partial charge in [-0.15, -0.1) is 0 Å². The Morgan fingerprint density at radius 2 is 0.515 bits per heavy atom. The van der Waals surface area contributed by atoms with Gasteiger partial charge in [-0.05, 0) is 270 Å². The molecule has 0 aromatic heterocycles. The normalized spacial score (nSPS) is 11.1. The van der Waals surface area contributed by atoms with E-state index in [1.165, 1.54) is 149 Å². The number of hydrogen-bond donors (Lipinski definition) is 0. The highest BCUT2D eigenvalue weighted by Gasteiger charge is 2.38. The van der Waals surface area contributed by atoms with Crippen LogP contribution in [0.2, 0.25) is 38.3 Å². The molecule has 0 aliphatic heterocycles. The zero-order valence-electron chi connectivity index (χ0n) is 65.1. The van der Waals surface area contributed by atoms with E-state index in [0.29, 0.717) is 11.1 Å². The maximum atomic E-state index is 13.1. The maximum Gasteiger partial charge on any atom is 0.417 e. The van der Waals surface area contributed by atoms with Crippen LogP contribution in [0.5, 0.6) is 11.5 Å². The molecule has 11 rings (SSSR count). The van der Waals surface area contributed by atoms with Gasteiger partial charge in [0.2, 0.25) is 0 Å². The van der Waals surface area contributed by atoms with Crippen LogP contribution in [-0.2, 0) is 22.9 Å². The molecule has 0 saturated heterocycles. The van der Waals surface area contributed by atoms with Gasteiger partial charge in [-0.3, -0.25) is 0 Å². The third-order valence-electron chi connectivity index (χ3n) is 18.1. The van der Waals surface area contributed by atoms with Gasteiger partial charge in [0, 0.05) is 0 Å². The van der Waals surface area contributed by atoms with Crippen LogP contribution in [0, 0.1) is 111 Å². The summed E-state index contributed by atoms with van der Waals surface area (Å²) in [7, 11) is -2.54. The maximum absolute atomic E-state index is 13.1. The van der Waals surface area contributed by atoms with Gasteiger partial charge >= 0.3 is 12.4 Å². The quantitative estimate of drug-likeness (QED) is 0.0949. The minimum atomic E-state index is -4.73. The Morgan fingerprint density at radius 3 is 0.777 bits per heavy atom. The highest BCUT2D eigenvalue weighted by atomic mass is 28.4. The second-order valence-electron chi connectivity index (χ2n) is 28.7. The highest BCUT2D eigenvalue weighted by Crippen LogP contribution is 2.43. The molecule has 11 aromatic carbocycles. The molecule has 10 heteroatoms. The summed E-state index contributed by atoms with van der Waals surface area (Å²) in [4.78, 5) is 0. The average Bonchev–Trinajstić information content (AvgIpc) is 0.777. The van der Waals surface area contributed by atoms with E-state index in [-0.39, 0.29) is 0 Å². The van der Waals surface area contributed by atoms with Crippen molar-refractivity contribution in [2.45, 2.75) is 182 Å². The minimum Gasteiger partial charge on any atom is -0.457 e. The molecular weight excluding hydrogens is 1320 g/mol. The average molecular weight is 1430 g/mol. The lowest BCUT2D eigenvalue weighted by Gasteiger charge is -2.32. The number of aryl methyl sites for hydroxylation is 16. The van der Waals surface area contributed by atoms with Crippen molar-refractivity contribution in [3.05, 3.63) is 342 Å². The van der Waals surface area contributed by atoms with E-state index in [9.17, 15) is 26.3 Å². The number of alkyl halides is 6. The Kier molecular flexibility index (Phi) is 32.3. The van der Waals surface area contributed by atoms with E-state index in [0.717, 1.165) is 42.2 Å². The molecule has 544 valence electrons. The van der Waals surface area contributed by atoms with Crippen molar-refractivity contribution in [1.82, 2.24) is 0 Å². The molecule has 103 heavy (non-hydrogen) atoms. The van der Waals surface area contributed by atoms with Crippen LogP contribution >= 0.6 is 0 Å². The van der Waals surface area contributed by atoms with E-state index in [1.54, 1.807) is 0 Å². The van der Waals surface area contributed by atoms with Crippen molar-refractivity contribution >= 4 is 16.6 Å². The lowest BCUT2D eigenvalue weighted by molar-refractivity contribution is -0.139. The fraction of sp³-hybridized carbons (Fsp3) is 0.290. The molecule has 2 nitrogen and oxygen atoms in total. The SMILES string of the molecule is CC[Si](C)(C)O[Si](C)(C)CC.Cc1ccc(-c2ccc(C)c(C)c2)cc1C.Cc1ccc(-c2ccc(C)cc2C(F)(F)F)c(C(F)(F)F)c1.Cc1ccc(-c2ccc(C)cc2C)c(C)c1.Cc1ccc(C)cc1.Cc1ccc(Cc2ccc(C)cc2)cc1.Cc1ccc(Oc2ccc(C)cc2)cc1. The standard InChI is InChI=1S/C16H12F6.2C16H18.C15H16.C14H14O.C8H22OSi2.C8H10/c1-9-3-5-11(13(7-9)15(17,18)19)12-6-4-10(2)8-14(12)16(20,21)22;1-11-5-7-15(9-13(11)3)16-8-6-12(2)14(4)10-16;1-11-5-7-15(13(3)9-11)16-8-6-12(2)10-14(16)4;1-12-3-7-14(8-4-12)11-15-9-5-13(2)6-10-15;1-11-3-7-13(8-4-11)15-14-9-5-12(2)6-10-14;1-7-10(3,4)9-11(5,6)8-2;1-7-3-5-8(2)6-4-7/h3-8H,1-2H3;2*5-10H,1-4H3;3-10H,11H2,1-2H3;3-10H,1-2H3;7-8H2,1-6H3;3-6H,1-2H3. The Balaban J connectivity index is 0.000000220. The summed E-state index contributed by atoms with van der Waals surface area (Å²) in [5, 5.41) is 0. The number of halogens is 6. The molecule has 0 N–H and O–H groups in total. The summed E-state index contributed by atoms with van der Waals surface area (Å²) in [5.41, 5.74) is 24.2. The second-order valence-corrected chi connectivity index (χ2v) is 38.0. The number of rotatable bonds is 11. The summed E-state index contributed by atoms with van der Waals surface area (Å²) in [5.74, 6) is 1.76. The van der Waals surface area contributed by atoms with Crippen LogP contribution in [-0.4, -0.2) is 16.6 Å². The predicted molar refractivity (Wildman–Crippen MR) is 434 cm³/mol. The van der Waals surface area contributed by atoms with Crippen molar-refractivity contribution in [2.75, 3.05) is 0 Å². The van der Waals surface area contributed by atoms with Gasteiger partial charge in [-0.25, -0.2) is 0 Å². The zero-order valence-corrected chi connectivity index (χ0v) is 67.1. The first-order chi connectivity index (χ1) is 48.2. The molecular formula is C93H110F6O2Si2. The van der Waals surface area contributed by atoms with Crippen LogP contribution in [0.1, 0.15) is 125 Å². The van der Waals surface area contributed by atoms with Crippen LogP contribution < -0.4 is 4.74 Å². The van der Waals surface area contributed by atoms with Crippen molar-refractivity contribution in [2.24, 2.45) is 0 Å². The molecule has 0 radical (unpaired) electrons. The lowest BCUT2D eigenvalue weighted by Crippen LogP contribution is -2.43. The van der Waals surface area contributed by atoms with Gasteiger partial charge in [0.05, 0.1) is 11.1 Å². The summed E-state index contributed by atoms with van der Waals surface area (Å²) in [6, 6.07) is 77.8. The number of ether oxygens (including phenoxy) is 1. The number of benzene rings is 11. The van der Waals surface area contributed by atoms with Crippen LogP contribution in [0.3, 0.4) is 0 Å². The van der Waals surface area contributed by atoms with Gasteiger partial charge < -0.3 is 8.85 Å². The van der Waals surface area contributed by atoms with Crippen molar-refractivity contribution < 1.29 is 35.2 Å². The van der Waals surface area contributed by atoms with Gasteiger partial charge in [0.25, 0.3) is 0 Å². The lowest BCUT2D eigenvalue weighted by atomic mass is 9.92. The largest absolute Gasteiger partial charge is 0.457 e. The molecule has 0 heterocycles. The molecule has 0 saturated carbocycles. The molecule has 0 atom stereocenters. The zero-order chi connectivity index (χ0) is 76.6. The second kappa shape index (κ2) is 39.2. The Morgan fingerprint density at radius 1 is 0.262 bits per heavy atom. The molecule has 0 aliphatic carbocycles. The van der Waals surface area contributed by atoms with E-state index in [2.05, 4.69) is 283 Å². The first-order valence-electron chi connectivity index (χ1n) is 35.6. The first-order valence-corrected chi connectivity index (χ1v) is 41.8. The van der Waals surface area contributed by atoms with Crippen molar-refractivity contribution in [3.8, 4) is 44.9 Å². The van der Waals surface area contributed by atoms with Gasteiger partial charge in [0.1, 0.15) is 11.5 Å². The fourth-order valence-corrected chi connectivity index (χ4v) is 18.0. The molecule has 0 aliphatic rings. The van der Waals surface area contributed by atoms with E-state index in [1.807, 2.05) is 48.5 Å². The van der Waals surface area contributed by atoms with Crippen molar-refractivity contribution in [1.29, 1.82) is 0 Å². The molecule has 0 fully saturated rings. The minimum absolute atomic E-state index is 0.330. The van der Waals surface area contributed by atoms with Gasteiger partial charge in [-0.2, -0.15) is 26.3 Å². The first kappa shape index (κ1) is 84.8. The van der Waals surface area contributed by atoms with Gasteiger partial charge in [0.15, 0.2) is 16.6 Å². The molecule has 11 aromatic rings. The highest BCUT2D eigenvalue weighted by molar-refractivity contribution is 6.84. The predicted octanol–water partition coefficient (Wildman–Crippen LogP) is 28.9. The summed E-state index contributed by atoms with van der Waals surface area (Å²) in [6.45, 7) is 46.5. The molecule has 0 amide bonds. The third kappa shape index (κ3) is 29.1. The molecule has 0 bridgehead atoms. The monoisotopic (exact) mass is 1430 g/mol. The van der Waals surface area contributed by atoms with E-state index < -0.39 is 51.2 Å². The Hall–Kier alpha value is -8.81. The summed E-state index contributed by atoms with van der Waals surface area (Å²) >= 11 is 0. The van der Waals surface area contributed by atoms with Crippen LogP contribution in [0.4, 0.5) is 26.3 Å². The Labute approximate surface area is 616 Å². The van der Waals surface area contributed by atoms with Crippen molar-refractivity contribution in [3.63, 3.8) is 0 Å². The molecule has 0 unspecified atom stereocenters. The number of hydrogen-bond acceptors (Lipinski definition) is 2. The van der Waals surface area contributed by atoms with Crippen LogP contribution in [0.15, 0.2) is 231 Å². The summed E-state index contributed by atoms with van der Waals surface area (Å²) in [6.07, 6.45) is -8.43. The van der Waals surface area contributed by atoms with E-state index in [4.69, 9.17) is 8.85 Å². The molecule has 0 spiro atoms.